The van der Waals surface area contributed by atoms with Crippen molar-refractivity contribution in [3.63, 3.8) is 0 Å². The van der Waals surface area contributed by atoms with Crippen LogP contribution in [0.3, 0.4) is 0 Å². The molecule has 92 valence electrons. The van der Waals surface area contributed by atoms with E-state index in [0.29, 0.717) is 5.57 Å². The number of carbonyl (C=O) groups excluding carboxylic acids is 1. The van der Waals surface area contributed by atoms with Crippen LogP contribution in [0.1, 0.15) is 40.5 Å². The van der Waals surface area contributed by atoms with E-state index in [9.17, 15) is 9.59 Å². The number of aliphatic carboxylic acids is 1. The zero-order chi connectivity index (χ0) is 12.7. The standard InChI is InChI=1S/C12H21NO3/c1-5-7-9(3)12(16)13(8-11(14)15)10(4)6-2/h7,10H,5-6,8H2,1-4H3,(H,14,15)/b9-7+. The van der Waals surface area contributed by atoms with Crippen molar-refractivity contribution in [2.24, 2.45) is 0 Å². The third-order valence-corrected chi connectivity index (χ3v) is 2.54. The van der Waals surface area contributed by atoms with Gasteiger partial charge in [-0.25, -0.2) is 0 Å². The molecule has 0 aliphatic heterocycles. The fraction of sp³-hybridized carbons (Fsp3) is 0.667. The number of carboxylic acid groups (broad SMARTS) is 1. The van der Waals surface area contributed by atoms with Gasteiger partial charge in [0.05, 0.1) is 0 Å². The van der Waals surface area contributed by atoms with E-state index in [4.69, 9.17) is 5.11 Å². The first-order valence-corrected chi connectivity index (χ1v) is 5.63. The normalized spacial score (nSPS) is 13.4. The Morgan fingerprint density at radius 3 is 2.31 bits per heavy atom. The number of hydrogen-bond acceptors (Lipinski definition) is 2. The second kappa shape index (κ2) is 7.04. The summed E-state index contributed by atoms with van der Waals surface area (Å²) in [6.07, 6.45) is 3.34. The van der Waals surface area contributed by atoms with E-state index in [1.54, 1.807) is 6.92 Å². The highest BCUT2D eigenvalue weighted by Gasteiger charge is 2.22. The van der Waals surface area contributed by atoms with Crippen molar-refractivity contribution >= 4 is 11.9 Å². The van der Waals surface area contributed by atoms with Crippen LogP contribution >= 0.6 is 0 Å². The van der Waals surface area contributed by atoms with Crippen LogP contribution in [0, 0.1) is 0 Å². The molecule has 4 heteroatoms. The number of allylic oxidation sites excluding steroid dienone is 1. The van der Waals surface area contributed by atoms with E-state index in [1.807, 2.05) is 26.8 Å². The molecule has 1 unspecified atom stereocenters. The van der Waals surface area contributed by atoms with Crippen molar-refractivity contribution in [1.82, 2.24) is 4.90 Å². The average molecular weight is 227 g/mol. The van der Waals surface area contributed by atoms with Gasteiger partial charge in [-0.2, -0.15) is 0 Å². The molecule has 0 bridgehead atoms. The highest BCUT2D eigenvalue weighted by molar-refractivity contribution is 5.94. The number of carbonyl (C=O) groups is 2. The van der Waals surface area contributed by atoms with Crippen molar-refractivity contribution in [3.8, 4) is 0 Å². The largest absolute Gasteiger partial charge is 0.480 e. The molecule has 0 aromatic heterocycles. The van der Waals surface area contributed by atoms with Gasteiger partial charge in [-0.1, -0.05) is 19.9 Å². The molecular weight excluding hydrogens is 206 g/mol. The van der Waals surface area contributed by atoms with Gasteiger partial charge >= 0.3 is 5.97 Å². The second-order valence-corrected chi connectivity index (χ2v) is 3.88. The quantitative estimate of drug-likeness (QED) is 0.706. The molecule has 0 aromatic rings. The molecule has 0 aromatic carbocycles. The Labute approximate surface area is 96.9 Å². The summed E-state index contributed by atoms with van der Waals surface area (Å²) in [5.41, 5.74) is 0.615. The number of nitrogens with zero attached hydrogens (tertiary/aromatic N) is 1. The predicted molar refractivity (Wildman–Crippen MR) is 63.1 cm³/mol. The first kappa shape index (κ1) is 14.7. The molecule has 1 N–H and O–H groups in total. The first-order chi connectivity index (χ1) is 7.43. The van der Waals surface area contributed by atoms with Crippen molar-refractivity contribution < 1.29 is 14.7 Å². The maximum atomic E-state index is 12.0. The molecule has 0 saturated carbocycles. The van der Waals surface area contributed by atoms with Crippen LogP contribution in [0.5, 0.6) is 0 Å². The molecule has 0 rings (SSSR count). The number of rotatable bonds is 6. The number of amides is 1. The van der Waals surface area contributed by atoms with E-state index in [-0.39, 0.29) is 18.5 Å². The first-order valence-electron chi connectivity index (χ1n) is 5.63. The number of carboxylic acids is 1. The van der Waals surface area contributed by atoms with Gasteiger partial charge in [-0.3, -0.25) is 9.59 Å². The SMILES string of the molecule is CC/C=C(\C)C(=O)N(CC(=O)O)C(C)CC. The molecule has 0 fully saturated rings. The monoisotopic (exact) mass is 227 g/mol. The van der Waals surface area contributed by atoms with Crippen molar-refractivity contribution in [3.05, 3.63) is 11.6 Å². The van der Waals surface area contributed by atoms with Gasteiger partial charge in [0.2, 0.25) is 5.91 Å². The molecule has 0 aliphatic rings. The summed E-state index contributed by atoms with van der Waals surface area (Å²) in [7, 11) is 0. The molecule has 1 amide bonds. The lowest BCUT2D eigenvalue weighted by Gasteiger charge is -2.27. The van der Waals surface area contributed by atoms with Gasteiger partial charge in [0, 0.05) is 11.6 Å². The van der Waals surface area contributed by atoms with Crippen molar-refractivity contribution in [1.29, 1.82) is 0 Å². The molecule has 0 spiro atoms. The molecule has 0 aliphatic carbocycles. The Balaban J connectivity index is 4.82. The molecule has 0 radical (unpaired) electrons. The summed E-state index contributed by atoms with van der Waals surface area (Å²) in [6.45, 7) is 7.24. The van der Waals surface area contributed by atoms with Gasteiger partial charge in [0.15, 0.2) is 0 Å². The van der Waals surface area contributed by atoms with E-state index in [2.05, 4.69) is 0 Å². The van der Waals surface area contributed by atoms with Crippen LogP contribution in [0.25, 0.3) is 0 Å². The minimum Gasteiger partial charge on any atom is -0.480 e. The Morgan fingerprint density at radius 2 is 1.94 bits per heavy atom. The Bertz CT molecular complexity index is 284. The average Bonchev–Trinajstić information content (AvgIpc) is 2.24. The van der Waals surface area contributed by atoms with E-state index in [1.165, 1.54) is 4.90 Å². The van der Waals surface area contributed by atoms with Gasteiger partial charge in [-0.05, 0) is 26.7 Å². The van der Waals surface area contributed by atoms with Crippen molar-refractivity contribution in [2.45, 2.75) is 46.6 Å². The lowest BCUT2D eigenvalue weighted by molar-refractivity contribution is -0.144. The minimum atomic E-state index is -0.974. The molecule has 16 heavy (non-hydrogen) atoms. The topological polar surface area (TPSA) is 57.6 Å². The maximum Gasteiger partial charge on any atom is 0.323 e. The van der Waals surface area contributed by atoms with Crippen LogP contribution in [0.4, 0.5) is 0 Å². The van der Waals surface area contributed by atoms with Crippen LogP contribution < -0.4 is 0 Å². The lowest BCUT2D eigenvalue weighted by Crippen LogP contribution is -2.42. The predicted octanol–water partition coefficient (Wildman–Crippen LogP) is 2.05. The zero-order valence-electron chi connectivity index (χ0n) is 10.5. The Hall–Kier alpha value is -1.32. The molecular formula is C12H21NO3. The lowest BCUT2D eigenvalue weighted by atomic mass is 10.1. The second-order valence-electron chi connectivity index (χ2n) is 3.88. The smallest absolute Gasteiger partial charge is 0.323 e. The van der Waals surface area contributed by atoms with Gasteiger partial charge in [0.1, 0.15) is 6.54 Å². The maximum absolute atomic E-state index is 12.0. The third kappa shape index (κ3) is 4.47. The van der Waals surface area contributed by atoms with Crippen LogP contribution in [0.2, 0.25) is 0 Å². The molecule has 0 heterocycles. The zero-order valence-corrected chi connectivity index (χ0v) is 10.5. The summed E-state index contributed by atoms with van der Waals surface area (Å²) >= 11 is 0. The summed E-state index contributed by atoms with van der Waals surface area (Å²) in [4.78, 5) is 24.1. The summed E-state index contributed by atoms with van der Waals surface area (Å²) < 4.78 is 0. The summed E-state index contributed by atoms with van der Waals surface area (Å²) in [5.74, 6) is -1.16. The Kier molecular flexibility index (Phi) is 6.46. The van der Waals surface area contributed by atoms with Gasteiger partial charge < -0.3 is 10.0 Å². The Morgan fingerprint density at radius 1 is 1.38 bits per heavy atom. The number of hydrogen-bond donors (Lipinski definition) is 1. The van der Waals surface area contributed by atoms with Gasteiger partial charge in [0.25, 0.3) is 0 Å². The summed E-state index contributed by atoms with van der Waals surface area (Å²) in [5, 5.41) is 8.78. The van der Waals surface area contributed by atoms with Crippen molar-refractivity contribution in [2.75, 3.05) is 6.54 Å². The van der Waals surface area contributed by atoms with Crippen LogP contribution in [-0.4, -0.2) is 34.5 Å². The van der Waals surface area contributed by atoms with E-state index >= 15 is 0 Å². The van der Waals surface area contributed by atoms with Gasteiger partial charge in [-0.15, -0.1) is 0 Å². The minimum absolute atomic E-state index is 0.0520. The van der Waals surface area contributed by atoms with E-state index < -0.39 is 5.97 Å². The highest BCUT2D eigenvalue weighted by Crippen LogP contribution is 2.09. The van der Waals surface area contributed by atoms with Crippen LogP contribution in [-0.2, 0) is 9.59 Å². The molecule has 4 nitrogen and oxygen atoms in total. The highest BCUT2D eigenvalue weighted by atomic mass is 16.4. The fourth-order valence-electron chi connectivity index (χ4n) is 1.41. The fourth-order valence-corrected chi connectivity index (χ4v) is 1.41. The molecule has 1 atom stereocenters. The third-order valence-electron chi connectivity index (χ3n) is 2.54. The van der Waals surface area contributed by atoms with E-state index in [0.717, 1.165) is 12.8 Å². The van der Waals surface area contributed by atoms with Crippen LogP contribution in [0.15, 0.2) is 11.6 Å². The molecule has 0 saturated heterocycles. The summed E-state index contributed by atoms with van der Waals surface area (Å²) in [6, 6.07) is -0.0520.